The van der Waals surface area contributed by atoms with Crippen molar-refractivity contribution < 1.29 is 14.9 Å². The summed E-state index contributed by atoms with van der Waals surface area (Å²) in [5.41, 5.74) is 0.0499. The van der Waals surface area contributed by atoms with Crippen molar-refractivity contribution >= 4 is 10.9 Å². The van der Waals surface area contributed by atoms with E-state index in [0.29, 0.717) is 17.5 Å². The number of aromatic hydroxyl groups is 2. The van der Waals surface area contributed by atoms with Crippen LogP contribution in [0.3, 0.4) is 0 Å². The Hall–Kier alpha value is -2.17. The van der Waals surface area contributed by atoms with Gasteiger partial charge in [0.25, 0.3) is 5.56 Å². The van der Waals surface area contributed by atoms with Gasteiger partial charge in [-0.15, -0.1) is 0 Å². The van der Waals surface area contributed by atoms with Crippen molar-refractivity contribution in [2.24, 2.45) is 0 Å². The first kappa shape index (κ1) is 15.2. The lowest BCUT2D eigenvalue weighted by Gasteiger charge is -2.18. The van der Waals surface area contributed by atoms with E-state index in [1.165, 1.54) is 16.7 Å². The quantitative estimate of drug-likeness (QED) is 0.830. The van der Waals surface area contributed by atoms with Crippen LogP contribution in [0.15, 0.2) is 23.0 Å². The highest BCUT2D eigenvalue weighted by molar-refractivity contribution is 5.88. The smallest absolute Gasteiger partial charge is 0.297 e. The van der Waals surface area contributed by atoms with Crippen LogP contribution in [0.1, 0.15) is 39.7 Å². The van der Waals surface area contributed by atoms with E-state index in [9.17, 15) is 15.0 Å². The summed E-state index contributed by atoms with van der Waals surface area (Å²) in [6.07, 6.45) is 1.80. The second kappa shape index (κ2) is 6.08. The third-order valence-electron chi connectivity index (χ3n) is 3.38. The van der Waals surface area contributed by atoms with Crippen molar-refractivity contribution in [1.82, 2.24) is 4.57 Å². The summed E-state index contributed by atoms with van der Waals surface area (Å²) in [6, 6.07) is 4.55. The zero-order valence-electron chi connectivity index (χ0n) is 12.6. The molecule has 0 bridgehead atoms. The summed E-state index contributed by atoms with van der Waals surface area (Å²) in [6.45, 7) is 6.17. The molecule has 5 nitrogen and oxygen atoms in total. The largest absolute Gasteiger partial charge is 0.508 e. The molecule has 0 fully saturated rings. The van der Waals surface area contributed by atoms with Gasteiger partial charge in [0.05, 0.1) is 12.1 Å². The number of phenolic OH excluding ortho intramolecular Hbond substituents is 1. The topological polar surface area (TPSA) is 71.7 Å². The van der Waals surface area contributed by atoms with Gasteiger partial charge in [-0.1, -0.05) is 13.3 Å². The number of aromatic nitrogens is 1. The van der Waals surface area contributed by atoms with Gasteiger partial charge in [-0.25, -0.2) is 0 Å². The van der Waals surface area contributed by atoms with Crippen molar-refractivity contribution in [3.8, 4) is 17.2 Å². The predicted molar refractivity (Wildman–Crippen MR) is 82.3 cm³/mol. The number of hydrogen-bond donors (Lipinski definition) is 2. The average Bonchev–Trinajstić information content (AvgIpc) is 2.43. The molecule has 5 heteroatoms. The van der Waals surface area contributed by atoms with Gasteiger partial charge in [-0.05, 0) is 32.4 Å². The number of fused-ring (bicyclic) bond motifs is 1. The van der Waals surface area contributed by atoms with Gasteiger partial charge in [0.1, 0.15) is 5.75 Å². The van der Waals surface area contributed by atoms with E-state index in [4.69, 9.17) is 4.74 Å². The van der Waals surface area contributed by atoms with Gasteiger partial charge in [0.15, 0.2) is 5.75 Å². The van der Waals surface area contributed by atoms with Crippen LogP contribution in [0.2, 0.25) is 0 Å². The number of phenols is 1. The van der Waals surface area contributed by atoms with Crippen LogP contribution in [-0.2, 0) is 0 Å². The van der Waals surface area contributed by atoms with Gasteiger partial charge >= 0.3 is 0 Å². The summed E-state index contributed by atoms with van der Waals surface area (Å²) in [5.74, 6) is -0.111. The van der Waals surface area contributed by atoms with Gasteiger partial charge in [-0.2, -0.15) is 0 Å². The second-order valence-corrected chi connectivity index (χ2v) is 5.35. The van der Waals surface area contributed by atoms with E-state index in [2.05, 4.69) is 0 Å². The molecule has 1 heterocycles. The van der Waals surface area contributed by atoms with Gasteiger partial charge in [-0.3, -0.25) is 4.79 Å². The predicted octanol–water partition coefficient (Wildman–Crippen LogP) is 3.17. The molecular formula is C16H21NO4. The SMILES string of the molecule is CCCCOc1c(O)c(=O)n(C(C)C)c2cc(O)ccc12. The van der Waals surface area contributed by atoms with Crippen LogP contribution >= 0.6 is 0 Å². The molecule has 0 spiro atoms. The molecule has 0 saturated carbocycles. The van der Waals surface area contributed by atoms with Crippen molar-refractivity contribution in [1.29, 1.82) is 0 Å². The summed E-state index contributed by atoms with van der Waals surface area (Å²) in [7, 11) is 0. The summed E-state index contributed by atoms with van der Waals surface area (Å²) < 4.78 is 7.06. The molecule has 0 aliphatic heterocycles. The first-order valence-electron chi connectivity index (χ1n) is 7.20. The van der Waals surface area contributed by atoms with Crippen LogP contribution in [0.5, 0.6) is 17.2 Å². The maximum Gasteiger partial charge on any atom is 0.297 e. The molecular weight excluding hydrogens is 270 g/mol. The highest BCUT2D eigenvalue weighted by Crippen LogP contribution is 2.34. The Morgan fingerprint density at radius 1 is 1.29 bits per heavy atom. The lowest BCUT2D eigenvalue weighted by molar-refractivity contribution is 0.293. The minimum atomic E-state index is -0.505. The Balaban J connectivity index is 2.72. The number of unbranched alkanes of at least 4 members (excludes halogenated alkanes) is 1. The van der Waals surface area contributed by atoms with E-state index in [1.807, 2.05) is 20.8 Å². The van der Waals surface area contributed by atoms with Gasteiger partial charge in [0.2, 0.25) is 5.75 Å². The fraction of sp³-hybridized carbons (Fsp3) is 0.438. The highest BCUT2D eigenvalue weighted by Gasteiger charge is 2.19. The number of ether oxygens (including phenoxy) is 1. The van der Waals surface area contributed by atoms with Crippen LogP contribution < -0.4 is 10.3 Å². The number of hydrogen-bond acceptors (Lipinski definition) is 4. The second-order valence-electron chi connectivity index (χ2n) is 5.35. The molecule has 0 aliphatic rings. The summed E-state index contributed by atoms with van der Waals surface area (Å²) in [5, 5.41) is 20.5. The van der Waals surface area contributed by atoms with Crippen LogP contribution in [0, 0.1) is 0 Å². The van der Waals surface area contributed by atoms with Crippen molar-refractivity contribution in [2.75, 3.05) is 6.61 Å². The van der Waals surface area contributed by atoms with Crippen LogP contribution in [0.4, 0.5) is 0 Å². The first-order chi connectivity index (χ1) is 9.97. The molecule has 1 aromatic heterocycles. The van der Waals surface area contributed by atoms with Crippen molar-refractivity contribution in [3.63, 3.8) is 0 Å². The minimum absolute atomic E-state index is 0.0708. The van der Waals surface area contributed by atoms with E-state index in [-0.39, 0.29) is 23.3 Å². The maximum atomic E-state index is 12.3. The molecule has 114 valence electrons. The fourth-order valence-corrected chi connectivity index (χ4v) is 2.34. The average molecular weight is 291 g/mol. The Morgan fingerprint density at radius 3 is 2.62 bits per heavy atom. The number of benzene rings is 1. The molecule has 1 aromatic carbocycles. The first-order valence-corrected chi connectivity index (χ1v) is 7.20. The molecule has 2 rings (SSSR count). The van der Waals surface area contributed by atoms with E-state index in [1.54, 1.807) is 6.07 Å². The minimum Gasteiger partial charge on any atom is -0.508 e. The number of pyridine rings is 1. The van der Waals surface area contributed by atoms with Crippen LogP contribution in [0.25, 0.3) is 10.9 Å². The zero-order valence-corrected chi connectivity index (χ0v) is 12.6. The molecule has 0 radical (unpaired) electrons. The maximum absolute atomic E-state index is 12.3. The zero-order chi connectivity index (χ0) is 15.6. The fourth-order valence-electron chi connectivity index (χ4n) is 2.34. The molecule has 0 saturated heterocycles. The number of nitrogens with zero attached hydrogens (tertiary/aromatic N) is 1. The highest BCUT2D eigenvalue weighted by atomic mass is 16.5. The lowest BCUT2D eigenvalue weighted by atomic mass is 10.1. The summed E-state index contributed by atoms with van der Waals surface area (Å²) >= 11 is 0. The van der Waals surface area contributed by atoms with E-state index in [0.717, 1.165) is 12.8 Å². The molecule has 2 N–H and O–H groups in total. The van der Waals surface area contributed by atoms with Crippen LogP contribution in [-0.4, -0.2) is 21.4 Å². The van der Waals surface area contributed by atoms with Crippen molar-refractivity contribution in [3.05, 3.63) is 28.6 Å². The molecule has 0 atom stereocenters. The van der Waals surface area contributed by atoms with Gasteiger partial charge < -0.3 is 19.5 Å². The Morgan fingerprint density at radius 2 is 2.00 bits per heavy atom. The molecule has 21 heavy (non-hydrogen) atoms. The van der Waals surface area contributed by atoms with Crippen molar-refractivity contribution in [2.45, 2.75) is 39.7 Å². The Labute approximate surface area is 123 Å². The molecule has 0 unspecified atom stereocenters. The molecule has 0 amide bonds. The normalized spacial score (nSPS) is 11.2. The third kappa shape index (κ3) is 2.82. The van der Waals surface area contributed by atoms with Gasteiger partial charge in [0, 0.05) is 17.5 Å². The number of rotatable bonds is 5. The Bertz CT molecular complexity index is 703. The van der Waals surface area contributed by atoms with E-state index < -0.39 is 5.56 Å². The Kier molecular flexibility index (Phi) is 4.40. The standard InChI is InChI=1S/C16H21NO4/c1-4-5-8-21-15-12-7-6-11(18)9-13(12)17(10(2)3)16(20)14(15)19/h6-7,9-10,18-19H,4-5,8H2,1-3H3. The monoisotopic (exact) mass is 291 g/mol. The lowest BCUT2D eigenvalue weighted by Crippen LogP contribution is -2.22. The van der Waals surface area contributed by atoms with E-state index >= 15 is 0 Å². The molecule has 0 aliphatic carbocycles. The summed E-state index contributed by atoms with van der Waals surface area (Å²) in [4.78, 5) is 12.3. The molecule has 2 aromatic rings. The third-order valence-corrected chi connectivity index (χ3v) is 3.38.